The smallest absolute Gasteiger partial charge is 0.335 e. The van der Waals surface area contributed by atoms with E-state index in [2.05, 4.69) is 21.0 Å². The highest BCUT2D eigenvalue weighted by atomic mass is 32.1. The Morgan fingerprint density at radius 3 is 3.00 bits per heavy atom. The maximum absolute atomic E-state index is 10.9. The van der Waals surface area contributed by atoms with Crippen LogP contribution in [0.1, 0.15) is 15.2 Å². The Bertz CT molecular complexity index is 716. The second kappa shape index (κ2) is 4.85. The Hall–Kier alpha value is -2.14. The first-order valence-electron chi connectivity index (χ1n) is 5.94. The molecule has 19 heavy (non-hydrogen) atoms. The number of fused-ring (bicyclic) bond motifs is 1. The summed E-state index contributed by atoms with van der Waals surface area (Å²) in [6.07, 6.45) is 2.73. The fourth-order valence-corrected chi connectivity index (χ4v) is 2.76. The Balaban J connectivity index is 1.86. The van der Waals surface area contributed by atoms with Crippen molar-refractivity contribution in [2.24, 2.45) is 0 Å². The van der Waals surface area contributed by atoms with E-state index >= 15 is 0 Å². The third-order valence-corrected chi connectivity index (χ3v) is 3.98. The Morgan fingerprint density at radius 2 is 2.26 bits per heavy atom. The van der Waals surface area contributed by atoms with Crippen molar-refractivity contribution in [3.8, 4) is 0 Å². The van der Waals surface area contributed by atoms with Crippen LogP contribution in [-0.2, 0) is 13.0 Å². The van der Waals surface area contributed by atoms with Gasteiger partial charge in [0.1, 0.15) is 0 Å². The number of hydrogen-bond acceptors (Lipinski definition) is 3. The van der Waals surface area contributed by atoms with E-state index in [0.717, 1.165) is 24.0 Å². The zero-order chi connectivity index (χ0) is 13.2. The molecule has 0 saturated heterocycles. The maximum atomic E-state index is 10.9. The number of nitrogens with zero attached hydrogens (tertiary/aromatic N) is 2. The lowest BCUT2D eigenvalue weighted by Crippen LogP contribution is -1.99. The van der Waals surface area contributed by atoms with Crippen molar-refractivity contribution >= 4 is 28.3 Å². The molecule has 0 aliphatic carbocycles. The molecular weight excluding hydrogens is 260 g/mol. The van der Waals surface area contributed by atoms with Gasteiger partial charge in [-0.15, -0.1) is 11.3 Å². The van der Waals surface area contributed by atoms with E-state index in [1.54, 1.807) is 29.8 Å². The minimum absolute atomic E-state index is 0.274. The van der Waals surface area contributed by atoms with Gasteiger partial charge in [-0.3, -0.25) is 0 Å². The van der Waals surface area contributed by atoms with Crippen molar-refractivity contribution in [1.82, 2.24) is 9.55 Å². The molecule has 0 radical (unpaired) electrons. The van der Waals surface area contributed by atoms with Crippen molar-refractivity contribution in [3.05, 3.63) is 52.5 Å². The van der Waals surface area contributed by atoms with Gasteiger partial charge in [-0.25, -0.2) is 9.78 Å². The lowest BCUT2D eigenvalue weighted by molar-refractivity contribution is 0.0697. The van der Waals surface area contributed by atoms with Crippen LogP contribution in [0, 0.1) is 0 Å². The summed E-state index contributed by atoms with van der Waals surface area (Å²) in [5.74, 6) is -0.921. The van der Waals surface area contributed by atoms with Crippen LogP contribution in [0.2, 0.25) is 0 Å². The number of carboxylic acid groups (broad SMARTS) is 1. The van der Waals surface area contributed by atoms with Crippen LogP contribution in [0.4, 0.5) is 0 Å². The molecule has 1 N–H and O–H groups in total. The molecule has 0 aliphatic heterocycles. The van der Waals surface area contributed by atoms with Gasteiger partial charge < -0.3 is 9.67 Å². The van der Waals surface area contributed by atoms with E-state index in [9.17, 15) is 4.79 Å². The van der Waals surface area contributed by atoms with Crippen molar-refractivity contribution < 1.29 is 9.90 Å². The zero-order valence-corrected chi connectivity index (χ0v) is 10.9. The van der Waals surface area contributed by atoms with Crippen LogP contribution in [0.5, 0.6) is 0 Å². The summed E-state index contributed by atoms with van der Waals surface area (Å²) < 4.78 is 2.06. The first-order chi connectivity index (χ1) is 9.24. The van der Waals surface area contributed by atoms with Crippen LogP contribution >= 0.6 is 11.3 Å². The Labute approximate surface area is 113 Å². The number of aromatic carboxylic acids is 1. The third kappa shape index (κ3) is 2.37. The summed E-state index contributed by atoms with van der Waals surface area (Å²) in [4.78, 5) is 16.5. The van der Waals surface area contributed by atoms with Gasteiger partial charge in [0.05, 0.1) is 22.9 Å². The monoisotopic (exact) mass is 272 g/mol. The highest BCUT2D eigenvalue weighted by molar-refractivity contribution is 7.09. The molecule has 0 aliphatic rings. The minimum atomic E-state index is -0.921. The topological polar surface area (TPSA) is 55.1 Å². The summed E-state index contributed by atoms with van der Waals surface area (Å²) in [5.41, 5.74) is 1.98. The Kier molecular flexibility index (Phi) is 3.05. The van der Waals surface area contributed by atoms with E-state index in [1.807, 2.05) is 12.1 Å². The molecule has 0 spiro atoms. The molecule has 0 saturated carbocycles. The lowest BCUT2D eigenvalue weighted by Gasteiger charge is -2.03. The van der Waals surface area contributed by atoms with E-state index in [0.29, 0.717) is 0 Å². The molecule has 1 aromatic carbocycles. The molecule has 4 nitrogen and oxygen atoms in total. The van der Waals surface area contributed by atoms with Gasteiger partial charge in [-0.1, -0.05) is 6.07 Å². The van der Waals surface area contributed by atoms with Crippen molar-refractivity contribution in [3.63, 3.8) is 0 Å². The number of thiophene rings is 1. The number of carbonyl (C=O) groups is 1. The summed E-state index contributed by atoms with van der Waals surface area (Å²) in [6, 6.07) is 9.21. The van der Waals surface area contributed by atoms with E-state index in [4.69, 9.17) is 5.11 Å². The Morgan fingerprint density at radius 1 is 1.37 bits per heavy atom. The van der Waals surface area contributed by atoms with E-state index in [-0.39, 0.29) is 5.56 Å². The average molecular weight is 272 g/mol. The summed E-state index contributed by atoms with van der Waals surface area (Å²) in [5, 5.41) is 11.0. The predicted molar refractivity (Wildman–Crippen MR) is 74.7 cm³/mol. The molecule has 0 unspecified atom stereocenters. The van der Waals surface area contributed by atoms with Crippen LogP contribution in [0.3, 0.4) is 0 Å². The number of aryl methyl sites for hydroxylation is 2. The van der Waals surface area contributed by atoms with Gasteiger partial charge in [0, 0.05) is 11.4 Å². The second-order valence-electron chi connectivity index (χ2n) is 4.28. The normalized spacial score (nSPS) is 10.9. The number of carboxylic acids is 1. The molecule has 5 heteroatoms. The number of aromatic nitrogens is 2. The molecule has 0 amide bonds. The van der Waals surface area contributed by atoms with Crippen LogP contribution in [0.15, 0.2) is 42.0 Å². The molecule has 3 rings (SSSR count). The van der Waals surface area contributed by atoms with Crippen molar-refractivity contribution in [1.29, 1.82) is 0 Å². The van der Waals surface area contributed by atoms with Crippen molar-refractivity contribution in [2.45, 2.75) is 13.0 Å². The van der Waals surface area contributed by atoms with Gasteiger partial charge in [-0.2, -0.15) is 0 Å². The summed E-state index contributed by atoms with van der Waals surface area (Å²) in [7, 11) is 0. The highest BCUT2D eigenvalue weighted by Gasteiger charge is 2.07. The van der Waals surface area contributed by atoms with Crippen LogP contribution in [-0.4, -0.2) is 20.6 Å². The zero-order valence-electron chi connectivity index (χ0n) is 10.1. The summed E-state index contributed by atoms with van der Waals surface area (Å²) in [6.45, 7) is 0.851. The molecule has 2 heterocycles. The molecule has 0 bridgehead atoms. The fraction of sp³-hybridized carbons (Fsp3) is 0.143. The molecule has 3 aromatic rings. The molecule has 2 aromatic heterocycles. The maximum Gasteiger partial charge on any atom is 0.335 e. The van der Waals surface area contributed by atoms with Gasteiger partial charge >= 0.3 is 5.97 Å². The SMILES string of the molecule is O=C(O)c1ccc2c(c1)ncn2CCc1cccs1. The standard InChI is InChI=1S/C14H12N2O2S/c17-14(18)10-3-4-13-12(8-10)15-9-16(13)6-5-11-2-1-7-19-11/h1-4,7-9H,5-6H2,(H,17,18). The van der Waals surface area contributed by atoms with E-state index in [1.165, 1.54) is 4.88 Å². The lowest BCUT2D eigenvalue weighted by atomic mass is 10.2. The fourth-order valence-electron chi connectivity index (χ4n) is 2.06. The molecule has 0 fully saturated rings. The van der Waals surface area contributed by atoms with Crippen LogP contribution in [0.25, 0.3) is 11.0 Å². The predicted octanol–water partition coefficient (Wildman–Crippen LogP) is 3.04. The third-order valence-electron chi connectivity index (χ3n) is 3.05. The highest BCUT2D eigenvalue weighted by Crippen LogP contribution is 2.17. The van der Waals surface area contributed by atoms with E-state index < -0.39 is 5.97 Å². The van der Waals surface area contributed by atoms with Gasteiger partial charge in [0.15, 0.2) is 0 Å². The van der Waals surface area contributed by atoms with Crippen molar-refractivity contribution in [2.75, 3.05) is 0 Å². The first-order valence-corrected chi connectivity index (χ1v) is 6.82. The second-order valence-corrected chi connectivity index (χ2v) is 5.31. The largest absolute Gasteiger partial charge is 0.478 e. The molecule has 96 valence electrons. The minimum Gasteiger partial charge on any atom is -0.478 e. The average Bonchev–Trinajstić information content (AvgIpc) is 3.05. The molecule has 0 atom stereocenters. The quantitative estimate of drug-likeness (QED) is 0.794. The number of imidazole rings is 1. The van der Waals surface area contributed by atoms with Gasteiger partial charge in [0.25, 0.3) is 0 Å². The van der Waals surface area contributed by atoms with Gasteiger partial charge in [0.2, 0.25) is 0 Å². The number of rotatable bonds is 4. The number of benzene rings is 1. The molecular formula is C14H12N2O2S. The first kappa shape index (κ1) is 11.9. The summed E-state index contributed by atoms with van der Waals surface area (Å²) >= 11 is 1.75. The van der Waals surface area contributed by atoms with Crippen LogP contribution < -0.4 is 0 Å². The van der Waals surface area contributed by atoms with Gasteiger partial charge in [-0.05, 0) is 36.1 Å². The number of hydrogen-bond donors (Lipinski definition) is 1.